The normalized spacial score (nSPS) is 17.1. The van der Waals surface area contributed by atoms with Crippen LogP contribution in [0.2, 0.25) is 0 Å². The van der Waals surface area contributed by atoms with Gasteiger partial charge in [0, 0.05) is 18.8 Å². The molecule has 5 heterocycles. The number of hydrogen-bond acceptors (Lipinski definition) is 7. The Morgan fingerprint density at radius 1 is 1.19 bits per heavy atom. The van der Waals surface area contributed by atoms with Crippen LogP contribution in [-0.4, -0.2) is 41.0 Å². The SMILES string of the molecule is Cc1cc(Oc2ccccc2)cnc1N1C(=O)Nc2c(C(=O)N[C@@H]3CCCNC3)sc3nccc1c23. The Kier molecular flexibility index (Phi) is 5.74. The highest BCUT2D eigenvalue weighted by molar-refractivity contribution is 7.21. The van der Waals surface area contributed by atoms with E-state index < -0.39 is 0 Å². The molecule has 1 aromatic carbocycles. The van der Waals surface area contributed by atoms with E-state index in [9.17, 15) is 9.59 Å². The minimum Gasteiger partial charge on any atom is -0.456 e. The van der Waals surface area contributed by atoms with E-state index in [-0.39, 0.29) is 18.0 Å². The number of carbonyl (C=O) groups excluding carboxylic acids is 2. The number of para-hydroxylation sites is 1. The second-order valence-electron chi connectivity index (χ2n) is 8.83. The van der Waals surface area contributed by atoms with Crippen molar-refractivity contribution in [3.8, 4) is 11.5 Å². The molecule has 0 bridgehead atoms. The van der Waals surface area contributed by atoms with Gasteiger partial charge in [-0.1, -0.05) is 18.2 Å². The number of pyridine rings is 2. The summed E-state index contributed by atoms with van der Waals surface area (Å²) in [6.45, 7) is 3.59. The number of amides is 3. The van der Waals surface area contributed by atoms with Crippen molar-refractivity contribution in [2.75, 3.05) is 23.3 Å². The van der Waals surface area contributed by atoms with Crippen LogP contribution in [-0.2, 0) is 0 Å². The molecule has 1 fully saturated rings. The van der Waals surface area contributed by atoms with E-state index in [1.807, 2.05) is 43.3 Å². The number of urea groups is 1. The Bertz CT molecular complexity index is 1470. The van der Waals surface area contributed by atoms with E-state index in [2.05, 4.69) is 25.9 Å². The van der Waals surface area contributed by atoms with Crippen LogP contribution < -0.4 is 25.6 Å². The molecule has 36 heavy (non-hydrogen) atoms. The zero-order valence-electron chi connectivity index (χ0n) is 19.6. The van der Waals surface area contributed by atoms with Gasteiger partial charge in [0.15, 0.2) is 0 Å². The number of aromatic nitrogens is 2. The molecule has 3 amide bonds. The second-order valence-corrected chi connectivity index (χ2v) is 9.82. The third-order valence-electron chi connectivity index (χ3n) is 6.30. The first-order chi connectivity index (χ1) is 17.6. The molecular formula is C26H24N6O3S. The second kappa shape index (κ2) is 9.21. The van der Waals surface area contributed by atoms with Crippen LogP contribution in [0.3, 0.4) is 0 Å². The number of rotatable bonds is 5. The molecule has 0 saturated carbocycles. The van der Waals surface area contributed by atoms with E-state index in [1.165, 1.54) is 16.2 Å². The lowest BCUT2D eigenvalue weighted by atomic mass is 10.1. The quantitative estimate of drug-likeness (QED) is 0.358. The fraction of sp³-hybridized carbons (Fsp3) is 0.231. The summed E-state index contributed by atoms with van der Waals surface area (Å²) >= 11 is 1.28. The number of aryl methyl sites for hydroxylation is 1. The number of piperidine rings is 1. The van der Waals surface area contributed by atoms with Crippen molar-refractivity contribution in [3.63, 3.8) is 0 Å². The summed E-state index contributed by atoms with van der Waals surface area (Å²) in [7, 11) is 0. The van der Waals surface area contributed by atoms with Crippen LogP contribution in [0.25, 0.3) is 10.2 Å². The minimum atomic E-state index is -0.380. The first kappa shape index (κ1) is 22.4. The lowest BCUT2D eigenvalue weighted by molar-refractivity contribution is 0.0935. The topological polar surface area (TPSA) is 108 Å². The van der Waals surface area contributed by atoms with Crippen LogP contribution in [0.4, 0.5) is 22.0 Å². The Balaban J connectivity index is 1.34. The number of nitrogens with one attached hydrogen (secondary N) is 3. The number of anilines is 3. The summed E-state index contributed by atoms with van der Waals surface area (Å²) in [6.07, 6.45) is 5.19. The summed E-state index contributed by atoms with van der Waals surface area (Å²) in [6, 6.07) is 12.8. The van der Waals surface area contributed by atoms with Crippen LogP contribution in [0.15, 0.2) is 54.9 Å². The molecule has 0 spiro atoms. The largest absolute Gasteiger partial charge is 0.456 e. The predicted octanol–water partition coefficient (Wildman–Crippen LogP) is 4.96. The third kappa shape index (κ3) is 4.04. The Morgan fingerprint density at radius 2 is 2.06 bits per heavy atom. The van der Waals surface area contributed by atoms with Crippen molar-refractivity contribution in [2.24, 2.45) is 0 Å². The van der Waals surface area contributed by atoms with Gasteiger partial charge in [0.05, 0.1) is 23.0 Å². The molecule has 3 N–H and O–H groups in total. The van der Waals surface area contributed by atoms with E-state index in [4.69, 9.17) is 4.74 Å². The molecule has 1 saturated heterocycles. The smallest absolute Gasteiger partial charge is 0.332 e. The van der Waals surface area contributed by atoms with Gasteiger partial charge in [-0.25, -0.2) is 19.7 Å². The van der Waals surface area contributed by atoms with Crippen LogP contribution in [0, 0.1) is 6.92 Å². The van der Waals surface area contributed by atoms with Gasteiger partial charge in [0.25, 0.3) is 5.91 Å². The fourth-order valence-electron chi connectivity index (χ4n) is 4.64. The van der Waals surface area contributed by atoms with Gasteiger partial charge in [-0.2, -0.15) is 0 Å². The molecule has 9 nitrogen and oxygen atoms in total. The van der Waals surface area contributed by atoms with E-state index in [0.717, 1.165) is 36.9 Å². The summed E-state index contributed by atoms with van der Waals surface area (Å²) in [5, 5.41) is 10.1. The number of carbonyl (C=O) groups is 2. The molecule has 1 atom stereocenters. The van der Waals surface area contributed by atoms with Crippen LogP contribution in [0.5, 0.6) is 11.5 Å². The van der Waals surface area contributed by atoms with Crippen LogP contribution >= 0.6 is 11.3 Å². The molecule has 2 aliphatic heterocycles. The number of hydrogen-bond donors (Lipinski definition) is 3. The standard InChI is InChI=1S/C26H24N6O3S/c1-15-12-18(35-17-7-3-2-4-8-17)14-29-23(15)32-19-9-11-28-25-20(19)21(31-26(32)34)22(36-25)24(33)30-16-6-5-10-27-13-16/h2-4,7-9,11-12,14,16,27H,5-6,10,13H2,1H3,(H,30,33)(H,31,34)/t16-/m1/s1. The average molecular weight is 501 g/mol. The van der Waals surface area contributed by atoms with Crippen LogP contribution in [0.1, 0.15) is 28.1 Å². The third-order valence-corrected chi connectivity index (χ3v) is 7.40. The van der Waals surface area contributed by atoms with Gasteiger partial charge in [0.2, 0.25) is 0 Å². The molecule has 0 unspecified atom stereocenters. The first-order valence-corrected chi connectivity index (χ1v) is 12.6. The van der Waals surface area contributed by atoms with Gasteiger partial charge >= 0.3 is 6.03 Å². The Labute approximate surface area is 211 Å². The maximum Gasteiger partial charge on any atom is 0.332 e. The molecule has 10 heteroatoms. The molecule has 4 aromatic rings. The van der Waals surface area contributed by atoms with E-state index in [1.54, 1.807) is 18.5 Å². The molecule has 2 aliphatic rings. The van der Waals surface area contributed by atoms with Gasteiger partial charge in [-0.05, 0) is 56.1 Å². The zero-order chi connectivity index (χ0) is 24.6. The van der Waals surface area contributed by atoms with Gasteiger partial charge in [-0.15, -0.1) is 11.3 Å². The maximum absolute atomic E-state index is 13.4. The van der Waals surface area contributed by atoms with Crippen molar-refractivity contribution in [1.29, 1.82) is 0 Å². The van der Waals surface area contributed by atoms with Gasteiger partial charge in [-0.3, -0.25) is 4.79 Å². The molecular weight excluding hydrogens is 476 g/mol. The monoisotopic (exact) mass is 500 g/mol. The summed E-state index contributed by atoms with van der Waals surface area (Å²) in [5.41, 5.74) is 1.91. The maximum atomic E-state index is 13.4. The van der Waals surface area contributed by atoms with Crippen molar-refractivity contribution >= 4 is 50.7 Å². The van der Waals surface area contributed by atoms with Gasteiger partial charge in [0.1, 0.15) is 27.0 Å². The summed E-state index contributed by atoms with van der Waals surface area (Å²) < 4.78 is 5.90. The highest BCUT2D eigenvalue weighted by Crippen LogP contribution is 2.46. The molecule has 182 valence electrons. The number of thiophene rings is 1. The molecule has 0 radical (unpaired) electrons. The lowest BCUT2D eigenvalue weighted by Crippen LogP contribution is -2.45. The minimum absolute atomic E-state index is 0.0651. The predicted molar refractivity (Wildman–Crippen MR) is 140 cm³/mol. The average Bonchev–Trinajstić information content (AvgIpc) is 3.26. The summed E-state index contributed by atoms with van der Waals surface area (Å²) in [4.78, 5) is 38.2. The fourth-order valence-corrected chi connectivity index (χ4v) is 5.66. The Hall–Kier alpha value is -4.02. The van der Waals surface area contributed by atoms with Crippen molar-refractivity contribution in [2.45, 2.75) is 25.8 Å². The first-order valence-electron chi connectivity index (χ1n) is 11.8. The van der Waals surface area contributed by atoms with E-state index in [0.29, 0.717) is 38.4 Å². The number of nitrogens with zero attached hydrogens (tertiary/aromatic N) is 3. The lowest BCUT2D eigenvalue weighted by Gasteiger charge is -2.29. The zero-order valence-corrected chi connectivity index (χ0v) is 20.4. The number of ether oxygens (including phenoxy) is 1. The van der Waals surface area contributed by atoms with Gasteiger partial charge < -0.3 is 20.7 Å². The Morgan fingerprint density at radius 3 is 2.83 bits per heavy atom. The highest BCUT2D eigenvalue weighted by Gasteiger charge is 2.34. The van der Waals surface area contributed by atoms with E-state index >= 15 is 0 Å². The highest BCUT2D eigenvalue weighted by atomic mass is 32.1. The molecule has 6 rings (SSSR count). The van der Waals surface area contributed by atoms with Crippen molar-refractivity contribution in [3.05, 3.63) is 65.3 Å². The molecule has 0 aliphatic carbocycles. The van der Waals surface area contributed by atoms with Crippen molar-refractivity contribution < 1.29 is 14.3 Å². The van der Waals surface area contributed by atoms with Crippen molar-refractivity contribution in [1.82, 2.24) is 20.6 Å². The molecule has 3 aromatic heterocycles. The summed E-state index contributed by atoms with van der Waals surface area (Å²) in [5.74, 6) is 1.57. The number of benzene rings is 1.